The van der Waals surface area contributed by atoms with Gasteiger partial charge in [0, 0.05) is 30.9 Å². The van der Waals surface area contributed by atoms with E-state index in [0.717, 1.165) is 32.2 Å². The molecule has 1 aromatic rings. The molecule has 84 valence electrons. The van der Waals surface area contributed by atoms with E-state index in [0.29, 0.717) is 0 Å². The van der Waals surface area contributed by atoms with Crippen molar-refractivity contribution in [3.05, 3.63) is 18.2 Å². The minimum atomic E-state index is 0.0246. The molecule has 3 heteroatoms. The van der Waals surface area contributed by atoms with Gasteiger partial charge in [-0.2, -0.15) is 0 Å². The third-order valence-electron chi connectivity index (χ3n) is 3.38. The van der Waals surface area contributed by atoms with Crippen molar-refractivity contribution in [3.63, 3.8) is 0 Å². The van der Waals surface area contributed by atoms with Gasteiger partial charge in [0.1, 0.15) is 5.82 Å². The number of hydrogen-bond acceptors (Lipinski definition) is 2. The van der Waals surface area contributed by atoms with Gasteiger partial charge < -0.3 is 10.3 Å². The summed E-state index contributed by atoms with van der Waals surface area (Å²) in [7, 11) is 0. The highest BCUT2D eigenvalue weighted by molar-refractivity contribution is 5.02. The van der Waals surface area contributed by atoms with Gasteiger partial charge in [0.25, 0.3) is 0 Å². The molecule has 1 fully saturated rings. The molecular formula is C12H21N3. The normalized spacial score (nSPS) is 19.6. The summed E-state index contributed by atoms with van der Waals surface area (Å²) in [5.41, 5.74) is 6.39. The molecule has 2 N–H and O–H groups in total. The molecule has 1 saturated carbocycles. The molecule has 15 heavy (non-hydrogen) atoms. The summed E-state index contributed by atoms with van der Waals surface area (Å²) in [6.45, 7) is 3.25. The second-order valence-corrected chi connectivity index (χ2v) is 4.78. The molecule has 0 amide bonds. The topological polar surface area (TPSA) is 43.8 Å². The molecule has 1 aromatic heterocycles. The van der Waals surface area contributed by atoms with Crippen LogP contribution in [-0.4, -0.2) is 15.1 Å². The average molecular weight is 207 g/mol. The number of aromatic nitrogens is 2. The van der Waals surface area contributed by atoms with Crippen LogP contribution >= 0.6 is 0 Å². The quantitative estimate of drug-likeness (QED) is 0.821. The first-order valence-corrected chi connectivity index (χ1v) is 6.02. The van der Waals surface area contributed by atoms with Crippen LogP contribution in [0.25, 0.3) is 0 Å². The highest BCUT2D eigenvalue weighted by Crippen LogP contribution is 2.29. The molecule has 0 bridgehead atoms. The van der Waals surface area contributed by atoms with Gasteiger partial charge in [-0.1, -0.05) is 19.8 Å². The van der Waals surface area contributed by atoms with E-state index in [9.17, 15) is 0 Å². The van der Waals surface area contributed by atoms with Crippen LogP contribution in [0.5, 0.6) is 0 Å². The Labute approximate surface area is 91.7 Å². The number of imidazole rings is 1. The monoisotopic (exact) mass is 207 g/mol. The third-order valence-corrected chi connectivity index (χ3v) is 3.38. The number of nitrogens with zero attached hydrogens (tertiary/aromatic N) is 2. The number of hydrogen-bond donors (Lipinski definition) is 1. The first-order valence-electron chi connectivity index (χ1n) is 6.02. The maximum absolute atomic E-state index is 6.36. The second kappa shape index (κ2) is 4.35. The van der Waals surface area contributed by atoms with E-state index in [1.165, 1.54) is 18.7 Å². The van der Waals surface area contributed by atoms with Gasteiger partial charge in [-0.15, -0.1) is 0 Å². The maximum atomic E-state index is 6.36. The number of rotatable bonds is 4. The van der Waals surface area contributed by atoms with Gasteiger partial charge in [0.05, 0.1) is 0 Å². The lowest BCUT2D eigenvalue weighted by atomic mass is 9.94. The average Bonchev–Trinajstić information content (AvgIpc) is 2.78. The number of nitrogens with two attached hydrogens (primary N) is 1. The van der Waals surface area contributed by atoms with Gasteiger partial charge in [0.2, 0.25) is 0 Å². The molecule has 0 aliphatic heterocycles. The highest BCUT2D eigenvalue weighted by Gasteiger charge is 2.30. The van der Waals surface area contributed by atoms with Crippen molar-refractivity contribution in [3.8, 4) is 0 Å². The van der Waals surface area contributed by atoms with Gasteiger partial charge in [0.15, 0.2) is 0 Å². The SMILES string of the molecule is CCCn1ccnc1CC1(N)CCCC1. The van der Waals surface area contributed by atoms with Crippen LogP contribution < -0.4 is 5.73 Å². The van der Waals surface area contributed by atoms with Crippen LogP contribution in [0.3, 0.4) is 0 Å². The summed E-state index contributed by atoms with van der Waals surface area (Å²) >= 11 is 0. The summed E-state index contributed by atoms with van der Waals surface area (Å²) in [4.78, 5) is 4.43. The van der Waals surface area contributed by atoms with E-state index in [1.807, 2.05) is 6.20 Å². The van der Waals surface area contributed by atoms with Crippen LogP contribution in [-0.2, 0) is 13.0 Å². The van der Waals surface area contributed by atoms with Crippen molar-refractivity contribution < 1.29 is 0 Å². The molecule has 3 nitrogen and oxygen atoms in total. The summed E-state index contributed by atoms with van der Waals surface area (Å²) in [6, 6.07) is 0. The fourth-order valence-electron chi connectivity index (χ4n) is 2.52. The molecule has 1 heterocycles. The summed E-state index contributed by atoms with van der Waals surface area (Å²) in [6.07, 6.45) is 10.9. The molecule has 0 saturated heterocycles. The Bertz CT molecular complexity index is 310. The Morgan fingerprint density at radius 2 is 2.20 bits per heavy atom. The predicted molar refractivity (Wildman–Crippen MR) is 61.6 cm³/mol. The summed E-state index contributed by atoms with van der Waals surface area (Å²) in [5.74, 6) is 1.17. The maximum Gasteiger partial charge on any atom is 0.110 e. The number of aryl methyl sites for hydroxylation is 1. The van der Waals surface area contributed by atoms with Crippen molar-refractivity contribution in [2.75, 3.05) is 0 Å². The van der Waals surface area contributed by atoms with Crippen LogP contribution in [0.1, 0.15) is 44.9 Å². The van der Waals surface area contributed by atoms with Crippen molar-refractivity contribution in [2.24, 2.45) is 5.73 Å². The summed E-state index contributed by atoms with van der Waals surface area (Å²) < 4.78 is 2.24. The minimum absolute atomic E-state index is 0.0246. The molecule has 1 aliphatic rings. The Balaban J connectivity index is 2.06. The first-order chi connectivity index (χ1) is 7.23. The lowest BCUT2D eigenvalue weighted by Crippen LogP contribution is -2.39. The molecule has 0 unspecified atom stereocenters. The first kappa shape index (κ1) is 10.7. The zero-order valence-corrected chi connectivity index (χ0v) is 9.58. The Morgan fingerprint density at radius 3 is 2.87 bits per heavy atom. The lowest BCUT2D eigenvalue weighted by molar-refractivity contribution is 0.416. The molecule has 1 aliphatic carbocycles. The van der Waals surface area contributed by atoms with Gasteiger partial charge in [-0.3, -0.25) is 0 Å². The van der Waals surface area contributed by atoms with Crippen molar-refractivity contribution in [2.45, 2.75) is 57.5 Å². The van der Waals surface area contributed by atoms with E-state index < -0.39 is 0 Å². The smallest absolute Gasteiger partial charge is 0.110 e. The minimum Gasteiger partial charge on any atom is -0.335 e. The van der Waals surface area contributed by atoms with Crippen molar-refractivity contribution >= 4 is 0 Å². The zero-order chi connectivity index (χ0) is 10.7. The predicted octanol–water partition coefficient (Wildman–Crippen LogP) is 2.11. The van der Waals surface area contributed by atoms with Crippen LogP contribution in [0.15, 0.2) is 12.4 Å². The standard InChI is InChI=1S/C12H21N3/c1-2-8-15-9-7-14-11(15)10-12(13)5-3-4-6-12/h7,9H,2-6,8,10,13H2,1H3. The Morgan fingerprint density at radius 1 is 1.47 bits per heavy atom. The second-order valence-electron chi connectivity index (χ2n) is 4.78. The fourth-order valence-corrected chi connectivity index (χ4v) is 2.52. The van der Waals surface area contributed by atoms with E-state index in [1.54, 1.807) is 0 Å². The molecule has 0 radical (unpaired) electrons. The van der Waals surface area contributed by atoms with Crippen molar-refractivity contribution in [1.29, 1.82) is 0 Å². The van der Waals surface area contributed by atoms with Gasteiger partial charge in [-0.25, -0.2) is 4.98 Å². The van der Waals surface area contributed by atoms with Gasteiger partial charge >= 0.3 is 0 Å². The van der Waals surface area contributed by atoms with Crippen LogP contribution in [0, 0.1) is 0 Å². The van der Waals surface area contributed by atoms with Crippen LogP contribution in [0.4, 0.5) is 0 Å². The van der Waals surface area contributed by atoms with E-state index in [4.69, 9.17) is 5.73 Å². The highest BCUT2D eigenvalue weighted by atomic mass is 15.1. The van der Waals surface area contributed by atoms with E-state index in [-0.39, 0.29) is 5.54 Å². The van der Waals surface area contributed by atoms with E-state index in [2.05, 4.69) is 22.7 Å². The lowest BCUT2D eigenvalue weighted by Gasteiger charge is -2.23. The van der Waals surface area contributed by atoms with Gasteiger partial charge in [-0.05, 0) is 19.3 Å². The summed E-state index contributed by atoms with van der Waals surface area (Å²) in [5, 5.41) is 0. The molecule has 0 aromatic carbocycles. The third kappa shape index (κ3) is 2.40. The van der Waals surface area contributed by atoms with E-state index >= 15 is 0 Å². The van der Waals surface area contributed by atoms with Crippen LogP contribution in [0.2, 0.25) is 0 Å². The zero-order valence-electron chi connectivity index (χ0n) is 9.58. The Kier molecular flexibility index (Phi) is 3.10. The fraction of sp³-hybridized carbons (Fsp3) is 0.750. The molecular weight excluding hydrogens is 186 g/mol. The molecule has 0 atom stereocenters. The Hall–Kier alpha value is -0.830. The van der Waals surface area contributed by atoms with Crippen molar-refractivity contribution in [1.82, 2.24) is 9.55 Å². The molecule has 0 spiro atoms. The largest absolute Gasteiger partial charge is 0.335 e. The molecule has 2 rings (SSSR count).